The van der Waals surface area contributed by atoms with Crippen LogP contribution in [0.3, 0.4) is 0 Å². The maximum atomic E-state index is 12.9. The quantitative estimate of drug-likeness (QED) is 0.532. The SMILES string of the molecule is CC(C)(O)c1cnc(C(C)(C)C(=O)NCc2cc(Cl)c(C3CCC(=O)NC3=O)c(Cl)c2)nc1. The number of imide groups is 1. The van der Waals surface area contributed by atoms with Crippen LogP contribution in [0.5, 0.6) is 0 Å². The lowest BCUT2D eigenvalue weighted by atomic mass is 9.89. The van der Waals surface area contributed by atoms with Crippen LogP contribution in [0.4, 0.5) is 0 Å². The molecule has 1 aromatic carbocycles. The predicted octanol–water partition coefficient (Wildman–Crippen LogP) is 3.13. The number of piperidine rings is 1. The van der Waals surface area contributed by atoms with Crippen molar-refractivity contribution in [3.05, 3.63) is 57.1 Å². The number of halogens is 2. The van der Waals surface area contributed by atoms with Crippen molar-refractivity contribution in [1.29, 1.82) is 0 Å². The highest BCUT2D eigenvalue weighted by atomic mass is 35.5. The number of aliphatic hydroxyl groups is 1. The van der Waals surface area contributed by atoms with E-state index in [1.54, 1.807) is 39.8 Å². The van der Waals surface area contributed by atoms with Crippen molar-refractivity contribution < 1.29 is 19.5 Å². The normalized spacial score (nSPS) is 17.0. The topological polar surface area (TPSA) is 121 Å². The molecule has 1 aliphatic rings. The van der Waals surface area contributed by atoms with Gasteiger partial charge in [0.25, 0.3) is 0 Å². The number of amides is 3. The van der Waals surface area contributed by atoms with Crippen molar-refractivity contribution in [2.45, 2.75) is 64.0 Å². The second-order valence-electron chi connectivity index (χ2n) is 9.14. The zero-order valence-corrected chi connectivity index (χ0v) is 20.3. The first-order chi connectivity index (χ1) is 15.3. The summed E-state index contributed by atoms with van der Waals surface area (Å²) in [7, 11) is 0. The summed E-state index contributed by atoms with van der Waals surface area (Å²) in [5.74, 6) is -1.33. The summed E-state index contributed by atoms with van der Waals surface area (Å²) >= 11 is 12.8. The lowest BCUT2D eigenvalue weighted by Gasteiger charge is -2.24. The van der Waals surface area contributed by atoms with Crippen LogP contribution >= 0.6 is 23.2 Å². The summed E-state index contributed by atoms with van der Waals surface area (Å²) in [4.78, 5) is 45.0. The monoisotopic (exact) mass is 492 g/mol. The van der Waals surface area contributed by atoms with Crippen molar-refractivity contribution in [2.75, 3.05) is 0 Å². The number of nitrogens with zero attached hydrogens (tertiary/aromatic N) is 2. The molecule has 176 valence electrons. The summed E-state index contributed by atoms with van der Waals surface area (Å²) in [5.41, 5.74) is -0.438. The molecule has 1 fully saturated rings. The molecular weight excluding hydrogens is 467 g/mol. The van der Waals surface area contributed by atoms with E-state index in [1.165, 1.54) is 12.4 Å². The number of hydrogen-bond acceptors (Lipinski definition) is 6. The van der Waals surface area contributed by atoms with Crippen molar-refractivity contribution in [1.82, 2.24) is 20.6 Å². The summed E-state index contributed by atoms with van der Waals surface area (Å²) in [5, 5.41) is 15.8. The summed E-state index contributed by atoms with van der Waals surface area (Å²) in [6, 6.07) is 3.29. The summed E-state index contributed by atoms with van der Waals surface area (Å²) in [6.45, 7) is 6.82. The standard InChI is InChI=1S/C23H26Cl2N4O4/c1-22(2,20-26-10-13(11-27-20)23(3,4)33)21(32)28-9-12-7-15(24)18(16(25)8-12)14-5-6-17(30)29-19(14)31/h7-8,10-11,14,33H,5-6,9H2,1-4H3,(H,28,32)(H,29,30,31). The molecule has 3 rings (SSSR count). The lowest BCUT2D eigenvalue weighted by molar-refractivity contribution is -0.134. The highest BCUT2D eigenvalue weighted by molar-refractivity contribution is 6.36. The number of nitrogens with one attached hydrogen (secondary N) is 2. The van der Waals surface area contributed by atoms with E-state index < -0.39 is 22.8 Å². The molecular formula is C23H26Cl2N4O4. The molecule has 3 amide bonds. The molecule has 0 spiro atoms. The third kappa shape index (κ3) is 5.51. The maximum absolute atomic E-state index is 12.9. The Kier molecular flexibility index (Phi) is 7.12. The highest BCUT2D eigenvalue weighted by Crippen LogP contribution is 2.37. The fraction of sp³-hybridized carbons (Fsp3) is 0.435. The average Bonchev–Trinajstić information content (AvgIpc) is 2.72. The number of carbonyl (C=O) groups is 3. The zero-order chi connectivity index (χ0) is 24.6. The van der Waals surface area contributed by atoms with Crippen molar-refractivity contribution in [3.63, 3.8) is 0 Å². The van der Waals surface area contributed by atoms with Crippen LogP contribution in [0.2, 0.25) is 10.0 Å². The van der Waals surface area contributed by atoms with Gasteiger partial charge in [-0.1, -0.05) is 23.2 Å². The van der Waals surface area contributed by atoms with Gasteiger partial charge in [-0.05, 0) is 51.8 Å². The van der Waals surface area contributed by atoms with Crippen LogP contribution in [0, 0.1) is 0 Å². The van der Waals surface area contributed by atoms with E-state index in [2.05, 4.69) is 20.6 Å². The van der Waals surface area contributed by atoms with Crippen LogP contribution < -0.4 is 10.6 Å². The highest BCUT2D eigenvalue weighted by Gasteiger charge is 2.34. The first-order valence-corrected chi connectivity index (χ1v) is 11.2. The lowest BCUT2D eigenvalue weighted by Crippen LogP contribution is -2.41. The number of hydrogen-bond donors (Lipinski definition) is 3. The van der Waals surface area contributed by atoms with Gasteiger partial charge in [0.1, 0.15) is 11.2 Å². The minimum absolute atomic E-state index is 0.152. The molecule has 1 aliphatic heterocycles. The van der Waals surface area contributed by atoms with Crippen molar-refractivity contribution in [2.24, 2.45) is 0 Å². The average molecular weight is 493 g/mol. The molecule has 1 atom stereocenters. The number of carbonyl (C=O) groups excluding carboxylic acids is 3. The molecule has 3 N–H and O–H groups in total. The van der Waals surface area contributed by atoms with E-state index in [1.807, 2.05) is 0 Å². The molecule has 2 aromatic rings. The smallest absolute Gasteiger partial charge is 0.234 e. The van der Waals surface area contributed by atoms with E-state index >= 15 is 0 Å². The molecule has 1 saturated heterocycles. The Morgan fingerprint density at radius 2 is 1.73 bits per heavy atom. The Bertz CT molecular complexity index is 1070. The van der Waals surface area contributed by atoms with Crippen LogP contribution in [0.15, 0.2) is 24.5 Å². The Balaban J connectivity index is 1.72. The zero-order valence-electron chi connectivity index (χ0n) is 18.8. The van der Waals surface area contributed by atoms with Gasteiger partial charge in [-0.3, -0.25) is 19.7 Å². The van der Waals surface area contributed by atoms with Crippen molar-refractivity contribution in [3.8, 4) is 0 Å². The Hall–Kier alpha value is -2.55. The minimum Gasteiger partial charge on any atom is -0.386 e. The molecule has 2 heterocycles. The van der Waals surface area contributed by atoms with Gasteiger partial charge >= 0.3 is 0 Å². The molecule has 0 radical (unpaired) electrons. The fourth-order valence-corrected chi connectivity index (χ4v) is 4.31. The van der Waals surface area contributed by atoms with Gasteiger partial charge in [-0.2, -0.15) is 0 Å². The van der Waals surface area contributed by atoms with Crippen LogP contribution in [-0.2, 0) is 31.9 Å². The van der Waals surface area contributed by atoms with E-state index in [0.29, 0.717) is 39.0 Å². The van der Waals surface area contributed by atoms with Crippen molar-refractivity contribution >= 4 is 40.9 Å². The minimum atomic E-state index is -1.08. The largest absolute Gasteiger partial charge is 0.386 e. The van der Waals surface area contributed by atoms with Crippen LogP contribution in [0.1, 0.15) is 69.0 Å². The molecule has 10 heteroatoms. The molecule has 8 nitrogen and oxygen atoms in total. The van der Waals surface area contributed by atoms with Crippen LogP contribution in [0.25, 0.3) is 0 Å². The predicted molar refractivity (Wildman–Crippen MR) is 124 cm³/mol. The Labute approximate surface area is 202 Å². The van der Waals surface area contributed by atoms with Crippen LogP contribution in [-0.4, -0.2) is 32.8 Å². The third-order valence-corrected chi connectivity index (χ3v) is 6.29. The summed E-state index contributed by atoms with van der Waals surface area (Å²) < 4.78 is 0. The molecule has 1 aromatic heterocycles. The number of aromatic nitrogens is 2. The molecule has 0 aliphatic carbocycles. The third-order valence-electron chi connectivity index (χ3n) is 5.66. The van der Waals surface area contributed by atoms with Gasteiger partial charge in [0.15, 0.2) is 0 Å². The number of rotatable bonds is 6. The van der Waals surface area contributed by atoms with E-state index in [4.69, 9.17) is 23.2 Å². The second-order valence-corrected chi connectivity index (χ2v) is 9.95. The van der Waals surface area contributed by atoms with Gasteiger partial charge in [-0.15, -0.1) is 0 Å². The molecule has 1 unspecified atom stereocenters. The first-order valence-electron chi connectivity index (χ1n) is 10.5. The van der Waals surface area contributed by atoms with Gasteiger partial charge in [0, 0.05) is 46.5 Å². The van der Waals surface area contributed by atoms with Gasteiger partial charge < -0.3 is 10.4 Å². The second kappa shape index (κ2) is 9.37. The van der Waals surface area contributed by atoms with Gasteiger partial charge in [-0.25, -0.2) is 9.97 Å². The summed E-state index contributed by atoms with van der Waals surface area (Å²) in [6.07, 6.45) is 3.56. The van der Waals surface area contributed by atoms with E-state index in [0.717, 1.165) is 0 Å². The Morgan fingerprint density at radius 1 is 1.15 bits per heavy atom. The molecule has 33 heavy (non-hydrogen) atoms. The van der Waals surface area contributed by atoms with Gasteiger partial charge in [0.2, 0.25) is 17.7 Å². The fourth-order valence-electron chi connectivity index (χ4n) is 3.51. The van der Waals surface area contributed by atoms with E-state index in [9.17, 15) is 19.5 Å². The molecule has 0 bridgehead atoms. The van der Waals surface area contributed by atoms with Gasteiger partial charge in [0.05, 0.1) is 11.5 Å². The molecule has 0 saturated carbocycles. The Morgan fingerprint density at radius 3 is 2.24 bits per heavy atom. The maximum Gasteiger partial charge on any atom is 0.234 e. The first kappa shape index (κ1) is 25.1. The number of benzene rings is 1. The van der Waals surface area contributed by atoms with E-state index in [-0.39, 0.29) is 24.8 Å².